The lowest BCUT2D eigenvalue weighted by atomic mass is 10.2. The van der Waals surface area contributed by atoms with Gasteiger partial charge in [-0.25, -0.2) is 0 Å². The number of halogens is 1. The standard InChI is InChI=1S/C15H20ClNO/c1-11(2)8-9-18-15-5-3-4-14(16)13(15)10-17-12-6-7-12/h3-5,12,17H,1,6-10H2,2H3. The van der Waals surface area contributed by atoms with E-state index in [1.54, 1.807) is 0 Å². The summed E-state index contributed by atoms with van der Waals surface area (Å²) in [4.78, 5) is 0. The van der Waals surface area contributed by atoms with E-state index in [9.17, 15) is 0 Å². The maximum atomic E-state index is 6.24. The van der Waals surface area contributed by atoms with Gasteiger partial charge in [0, 0.05) is 29.6 Å². The summed E-state index contributed by atoms with van der Waals surface area (Å²) in [5.74, 6) is 0.886. The van der Waals surface area contributed by atoms with Crippen molar-refractivity contribution in [3.8, 4) is 5.75 Å². The topological polar surface area (TPSA) is 21.3 Å². The van der Waals surface area contributed by atoms with Gasteiger partial charge in [-0.2, -0.15) is 0 Å². The molecule has 0 aliphatic heterocycles. The zero-order valence-electron chi connectivity index (χ0n) is 10.8. The van der Waals surface area contributed by atoms with E-state index in [-0.39, 0.29) is 0 Å². The minimum Gasteiger partial charge on any atom is -0.493 e. The van der Waals surface area contributed by atoms with Gasteiger partial charge in [0.05, 0.1) is 6.61 Å². The SMILES string of the molecule is C=C(C)CCOc1cccc(Cl)c1CNC1CC1. The highest BCUT2D eigenvalue weighted by Gasteiger charge is 2.21. The summed E-state index contributed by atoms with van der Waals surface area (Å²) in [6.07, 6.45) is 3.43. The smallest absolute Gasteiger partial charge is 0.125 e. The Morgan fingerprint density at radius 3 is 2.94 bits per heavy atom. The molecule has 0 atom stereocenters. The minimum absolute atomic E-state index is 0.659. The molecule has 0 saturated heterocycles. The molecule has 18 heavy (non-hydrogen) atoms. The van der Waals surface area contributed by atoms with E-state index in [2.05, 4.69) is 11.9 Å². The molecule has 0 aromatic heterocycles. The fraction of sp³-hybridized carbons (Fsp3) is 0.467. The second-order valence-electron chi connectivity index (χ2n) is 4.93. The lowest BCUT2D eigenvalue weighted by Crippen LogP contribution is -2.16. The second kappa shape index (κ2) is 6.26. The Kier molecular flexibility index (Phi) is 4.67. The summed E-state index contributed by atoms with van der Waals surface area (Å²) in [5.41, 5.74) is 2.20. The maximum absolute atomic E-state index is 6.24. The molecule has 0 radical (unpaired) electrons. The Hall–Kier alpha value is -0.990. The highest BCUT2D eigenvalue weighted by atomic mass is 35.5. The molecule has 1 aliphatic rings. The van der Waals surface area contributed by atoms with Gasteiger partial charge in [0.2, 0.25) is 0 Å². The first-order chi connectivity index (χ1) is 8.66. The van der Waals surface area contributed by atoms with E-state index >= 15 is 0 Å². The summed E-state index contributed by atoms with van der Waals surface area (Å²) in [6.45, 7) is 7.33. The van der Waals surface area contributed by atoms with Crippen molar-refractivity contribution in [3.63, 3.8) is 0 Å². The molecule has 3 heteroatoms. The normalized spacial score (nSPS) is 14.6. The molecule has 1 fully saturated rings. The summed E-state index contributed by atoms with van der Waals surface area (Å²) < 4.78 is 5.80. The summed E-state index contributed by atoms with van der Waals surface area (Å²) in [5, 5.41) is 4.25. The van der Waals surface area contributed by atoms with Crippen LogP contribution in [0.1, 0.15) is 31.7 Å². The molecule has 1 aliphatic carbocycles. The molecule has 98 valence electrons. The van der Waals surface area contributed by atoms with Gasteiger partial charge in [0.15, 0.2) is 0 Å². The maximum Gasteiger partial charge on any atom is 0.125 e. The molecule has 1 aromatic rings. The molecule has 0 spiro atoms. The monoisotopic (exact) mass is 265 g/mol. The van der Waals surface area contributed by atoms with Crippen LogP contribution in [0.2, 0.25) is 5.02 Å². The molecule has 1 saturated carbocycles. The Balaban J connectivity index is 1.97. The summed E-state index contributed by atoms with van der Waals surface area (Å²) >= 11 is 6.24. The molecule has 1 aromatic carbocycles. The Labute approximate surface area is 114 Å². The third-order valence-electron chi connectivity index (χ3n) is 3.01. The largest absolute Gasteiger partial charge is 0.493 e. The van der Waals surface area contributed by atoms with Gasteiger partial charge in [0.1, 0.15) is 5.75 Å². The minimum atomic E-state index is 0.659. The predicted molar refractivity (Wildman–Crippen MR) is 76.2 cm³/mol. The van der Waals surface area contributed by atoms with E-state index in [1.165, 1.54) is 12.8 Å². The van der Waals surface area contributed by atoms with E-state index in [0.29, 0.717) is 12.6 Å². The van der Waals surface area contributed by atoms with Crippen molar-refractivity contribution in [2.45, 2.75) is 38.8 Å². The third kappa shape index (κ3) is 4.04. The molecule has 0 bridgehead atoms. The van der Waals surface area contributed by atoms with E-state index in [1.807, 2.05) is 25.1 Å². The van der Waals surface area contributed by atoms with Gasteiger partial charge in [0.25, 0.3) is 0 Å². The van der Waals surface area contributed by atoms with E-state index < -0.39 is 0 Å². The van der Waals surface area contributed by atoms with Gasteiger partial charge < -0.3 is 10.1 Å². The number of hydrogen-bond donors (Lipinski definition) is 1. The fourth-order valence-electron chi connectivity index (χ4n) is 1.71. The number of hydrogen-bond acceptors (Lipinski definition) is 2. The molecule has 0 unspecified atom stereocenters. The summed E-state index contributed by atoms with van der Waals surface area (Å²) in [7, 11) is 0. The first-order valence-corrected chi connectivity index (χ1v) is 6.82. The quantitative estimate of drug-likeness (QED) is 0.754. The molecule has 2 rings (SSSR count). The molecular formula is C15H20ClNO. The van der Waals surface area contributed by atoms with Crippen molar-refractivity contribution >= 4 is 11.6 Å². The van der Waals surface area contributed by atoms with Crippen LogP contribution in [-0.4, -0.2) is 12.6 Å². The Morgan fingerprint density at radius 2 is 2.28 bits per heavy atom. The predicted octanol–water partition coefficient (Wildman–Crippen LogP) is 3.94. The van der Waals surface area contributed by atoms with Crippen LogP contribution in [0.25, 0.3) is 0 Å². The van der Waals surface area contributed by atoms with Crippen molar-refractivity contribution in [3.05, 3.63) is 40.9 Å². The van der Waals surface area contributed by atoms with Gasteiger partial charge in [-0.3, -0.25) is 0 Å². The zero-order valence-corrected chi connectivity index (χ0v) is 11.6. The van der Waals surface area contributed by atoms with Crippen LogP contribution in [0, 0.1) is 0 Å². The van der Waals surface area contributed by atoms with Gasteiger partial charge in [-0.15, -0.1) is 6.58 Å². The van der Waals surface area contributed by atoms with Crippen LogP contribution in [-0.2, 0) is 6.54 Å². The van der Waals surface area contributed by atoms with Crippen LogP contribution in [0.3, 0.4) is 0 Å². The number of rotatable bonds is 7. The highest BCUT2D eigenvalue weighted by Crippen LogP contribution is 2.28. The average molecular weight is 266 g/mol. The number of benzene rings is 1. The lowest BCUT2D eigenvalue weighted by molar-refractivity contribution is 0.317. The molecule has 0 amide bonds. The lowest BCUT2D eigenvalue weighted by Gasteiger charge is -2.13. The van der Waals surface area contributed by atoms with Crippen molar-refractivity contribution in [2.75, 3.05) is 6.61 Å². The zero-order chi connectivity index (χ0) is 13.0. The Bertz CT molecular complexity index is 427. The van der Waals surface area contributed by atoms with Crippen LogP contribution in [0.4, 0.5) is 0 Å². The van der Waals surface area contributed by atoms with Crippen molar-refractivity contribution < 1.29 is 4.74 Å². The van der Waals surface area contributed by atoms with Crippen LogP contribution in [0.5, 0.6) is 5.75 Å². The second-order valence-corrected chi connectivity index (χ2v) is 5.33. The van der Waals surface area contributed by atoms with Crippen LogP contribution >= 0.6 is 11.6 Å². The molecule has 1 N–H and O–H groups in total. The molecule has 2 nitrogen and oxygen atoms in total. The van der Waals surface area contributed by atoms with Gasteiger partial charge >= 0.3 is 0 Å². The average Bonchev–Trinajstić information content (AvgIpc) is 3.11. The highest BCUT2D eigenvalue weighted by molar-refractivity contribution is 6.31. The van der Waals surface area contributed by atoms with E-state index in [0.717, 1.165) is 34.9 Å². The van der Waals surface area contributed by atoms with Crippen LogP contribution in [0.15, 0.2) is 30.4 Å². The number of nitrogens with one attached hydrogen (secondary N) is 1. The first-order valence-electron chi connectivity index (χ1n) is 6.45. The Morgan fingerprint density at radius 1 is 1.50 bits per heavy atom. The summed E-state index contributed by atoms with van der Waals surface area (Å²) in [6, 6.07) is 6.49. The van der Waals surface area contributed by atoms with Crippen molar-refractivity contribution in [1.29, 1.82) is 0 Å². The van der Waals surface area contributed by atoms with E-state index in [4.69, 9.17) is 16.3 Å². The van der Waals surface area contributed by atoms with Crippen molar-refractivity contribution in [2.24, 2.45) is 0 Å². The first kappa shape index (κ1) is 13.4. The van der Waals surface area contributed by atoms with Crippen LogP contribution < -0.4 is 10.1 Å². The molecular weight excluding hydrogens is 246 g/mol. The van der Waals surface area contributed by atoms with Crippen molar-refractivity contribution in [1.82, 2.24) is 5.32 Å². The van der Waals surface area contributed by atoms with Gasteiger partial charge in [-0.05, 0) is 31.9 Å². The molecule has 0 heterocycles. The fourth-order valence-corrected chi connectivity index (χ4v) is 1.95. The van der Waals surface area contributed by atoms with Gasteiger partial charge in [-0.1, -0.05) is 23.2 Å². The number of ether oxygens (including phenoxy) is 1. The third-order valence-corrected chi connectivity index (χ3v) is 3.36.